The van der Waals surface area contributed by atoms with E-state index in [9.17, 15) is 22.0 Å². The maximum absolute atomic E-state index is 13.7. The van der Waals surface area contributed by atoms with Gasteiger partial charge in [0.05, 0.1) is 23.1 Å². The normalized spacial score (nSPS) is 11.3. The van der Waals surface area contributed by atoms with E-state index in [1.807, 2.05) is 6.07 Å². The fourth-order valence-corrected chi connectivity index (χ4v) is 3.39. The second-order valence-corrected chi connectivity index (χ2v) is 7.93. The standard InChI is InChI=1S/C18H17F2N3O3S/c1-22(11-14-5-6-15(19)9-17(14)20)18(24)12-23(2)27(25,26)16-7-3-13(10-21)4-8-16/h3-9H,11-12H2,1-2H3. The van der Waals surface area contributed by atoms with Gasteiger partial charge in [-0.15, -0.1) is 0 Å². The quantitative estimate of drug-likeness (QED) is 0.753. The summed E-state index contributed by atoms with van der Waals surface area (Å²) >= 11 is 0. The molecule has 142 valence electrons. The minimum Gasteiger partial charge on any atom is -0.340 e. The average molecular weight is 393 g/mol. The van der Waals surface area contributed by atoms with Crippen LogP contribution >= 0.6 is 0 Å². The third-order valence-electron chi connectivity index (χ3n) is 3.90. The molecule has 0 unspecified atom stereocenters. The van der Waals surface area contributed by atoms with Crippen molar-refractivity contribution in [2.45, 2.75) is 11.4 Å². The number of rotatable bonds is 6. The molecule has 2 rings (SSSR count). The van der Waals surface area contributed by atoms with Crippen molar-refractivity contribution in [2.75, 3.05) is 20.6 Å². The third-order valence-corrected chi connectivity index (χ3v) is 5.72. The van der Waals surface area contributed by atoms with Gasteiger partial charge in [0, 0.05) is 32.3 Å². The lowest BCUT2D eigenvalue weighted by atomic mass is 10.2. The van der Waals surface area contributed by atoms with Crippen LogP contribution in [0.25, 0.3) is 0 Å². The molecule has 0 aliphatic carbocycles. The van der Waals surface area contributed by atoms with Crippen LogP contribution in [0.4, 0.5) is 8.78 Å². The van der Waals surface area contributed by atoms with Crippen LogP contribution in [0.1, 0.15) is 11.1 Å². The summed E-state index contributed by atoms with van der Waals surface area (Å²) < 4.78 is 52.5. The first-order valence-corrected chi connectivity index (χ1v) is 9.23. The molecule has 0 bridgehead atoms. The van der Waals surface area contributed by atoms with Gasteiger partial charge >= 0.3 is 0 Å². The SMILES string of the molecule is CN(Cc1ccc(F)cc1F)C(=O)CN(C)S(=O)(=O)c1ccc(C#N)cc1. The predicted octanol–water partition coefficient (Wildman–Crippen LogP) is 2.12. The van der Waals surface area contributed by atoms with Crippen LogP contribution in [-0.4, -0.2) is 44.2 Å². The van der Waals surface area contributed by atoms with Crippen molar-refractivity contribution in [1.82, 2.24) is 9.21 Å². The minimum atomic E-state index is -3.93. The summed E-state index contributed by atoms with van der Waals surface area (Å²) in [7, 11) is -1.28. The summed E-state index contributed by atoms with van der Waals surface area (Å²) in [6, 6.07) is 10.2. The number of hydrogen-bond donors (Lipinski definition) is 0. The Morgan fingerprint density at radius 1 is 1.11 bits per heavy atom. The highest BCUT2D eigenvalue weighted by Gasteiger charge is 2.24. The number of amides is 1. The smallest absolute Gasteiger partial charge is 0.243 e. The van der Waals surface area contributed by atoms with Gasteiger partial charge in [0.15, 0.2) is 0 Å². The van der Waals surface area contributed by atoms with E-state index < -0.39 is 34.1 Å². The highest BCUT2D eigenvalue weighted by molar-refractivity contribution is 7.89. The molecule has 2 aromatic rings. The van der Waals surface area contributed by atoms with Gasteiger partial charge in [0.1, 0.15) is 11.6 Å². The van der Waals surface area contributed by atoms with E-state index in [1.165, 1.54) is 44.4 Å². The van der Waals surface area contributed by atoms with Crippen LogP contribution in [0.2, 0.25) is 0 Å². The molecule has 0 fully saturated rings. The van der Waals surface area contributed by atoms with Crippen molar-refractivity contribution in [3.8, 4) is 6.07 Å². The molecule has 1 amide bonds. The Kier molecular flexibility index (Phi) is 6.25. The molecule has 0 atom stereocenters. The fraction of sp³-hybridized carbons (Fsp3) is 0.222. The van der Waals surface area contributed by atoms with Gasteiger partial charge in [0.25, 0.3) is 0 Å². The monoisotopic (exact) mass is 393 g/mol. The average Bonchev–Trinajstić information content (AvgIpc) is 2.63. The maximum Gasteiger partial charge on any atom is 0.243 e. The first kappa shape index (κ1) is 20.5. The Labute approximate surface area is 156 Å². The van der Waals surface area contributed by atoms with E-state index in [0.717, 1.165) is 21.3 Å². The maximum atomic E-state index is 13.7. The van der Waals surface area contributed by atoms with Gasteiger partial charge in [-0.2, -0.15) is 9.57 Å². The van der Waals surface area contributed by atoms with Crippen LogP contribution in [0, 0.1) is 23.0 Å². The summed E-state index contributed by atoms with van der Waals surface area (Å²) in [5, 5.41) is 8.77. The van der Waals surface area contributed by atoms with E-state index in [2.05, 4.69) is 0 Å². The number of nitrogens with zero attached hydrogens (tertiary/aromatic N) is 3. The molecular formula is C18H17F2N3O3S. The Hall–Kier alpha value is -2.83. The molecule has 0 spiro atoms. The number of likely N-dealkylation sites (N-methyl/N-ethyl adjacent to an activating group) is 2. The van der Waals surface area contributed by atoms with Crippen molar-refractivity contribution < 1.29 is 22.0 Å². The van der Waals surface area contributed by atoms with E-state index >= 15 is 0 Å². The van der Waals surface area contributed by atoms with Crippen molar-refractivity contribution in [3.05, 3.63) is 65.2 Å². The Morgan fingerprint density at radius 3 is 2.30 bits per heavy atom. The molecule has 0 aliphatic rings. The Balaban J connectivity index is 2.07. The van der Waals surface area contributed by atoms with Crippen LogP contribution in [0.15, 0.2) is 47.4 Å². The zero-order chi connectivity index (χ0) is 20.2. The topological polar surface area (TPSA) is 81.5 Å². The third kappa shape index (κ3) is 4.87. The summed E-state index contributed by atoms with van der Waals surface area (Å²) in [5.41, 5.74) is 0.429. The molecule has 6 nitrogen and oxygen atoms in total. The first-order chi connectivity index (χ1) is 12.6. The largest absolute Gasteiger partial charge is 0.340 e. The zero-order valence-corrected chi connectivity index (χ0v) is 15.5. The highest BCUT2D eigenvalue weighted by Crippen LogP contribution is 2.16. The molecular weight excluding hydrogens is 376 g/mol. The van der Waals surface area contributed by atoms with Crippen LogP contribution in [0.5, 0.6) is 0 Å². The Morgan fingerprint density at radius 2 is 1.74 bits per heavy atom. The molecule has 0 heterocycles. The number of benzene rings is 2. The number of nitriles is 1. The van der Waals surface area contributed by atoms with E-state index in [-0.39, 0.29) is 17.0 Å². The lowest BCUT2D eigenvalue weighted by Crippen LogP contribution is -2.39. The second kappa shape index (κ2) is 8.24. The van der Waals surface area contributed by atoms with Crippen LogP contribution < -0.4 is 0 Å². The summed E-state index contributed by atoms with van der Waals surface area (Å²) in [5.74, 6) is -2.06. The molecule has 0 saturated heterocycles. The van der Waals surface area contributed by atoms with Gasteiger partial charge in [0.2, 0.25) is 15.9 Å². The zero-order valence-electron chi connectivity index (χ0n) is 14.7. The number of halogens is 2. The molecule has 0 N–H and O–H groups in total. The van der Waals surface area contributed by atoms with E-state index in [0.29, 0.717) is 5.56 Å². The lowest BCUT2D eigenvalue weighted by molar-refractivity contribution is -0.130. The molecule has 0 aromatic heterocycles. The van der Waals surface area contributed by atoms with Crippen molar-refractivity contribution in [3.63, 3.8) is 0 Å². The minimum absolute atomic E-state index is 0.0518. The van der Waals surface area contributed by atoms with Crippen molar-refractivity contribution in [1.29, 1.82) is 5.26 Å². The van der Waals surface area contributed by atoms with Gasteiger partial charge in [-0.3, -0.25) is 4.79 Å². The second-order valence-electron chi connectivity index (χ2n) is 5.88. The number of sulfonamides is 1. The molecule has 9 heteroatoms. The molecule has 0 radical (unpaired) electrons. The highest BCUT2D eigenvalue weighted by atomic mass is 32.2. The Bertz CT molecular complexity index is 986. The molecule has 2 aromatic carbocycles. The molecule has 27 heavy (non-hydrogen) atoms. The fourth-order valence-electron chi connectivity index (χ4n) is 2.27. The van der Waals surface area contributed by atoms with Gasteiger partial charge in [-0.1, -0.05) is 6.07 Å². The van der Waals surface area contributed by atoms with Crippen molar-refractivity contribution in [2.24, 2.45) is 0 Å². The van der Waals surface area contributed by atoms with Crippen LogP contribution in [-0.2, 0) is 21.4 Å². The van der Waals surface area contributed by atoms with E-state index in [1.54, 1.807) is 0 Å². The number of carbonyl (C=O) groups is 1. The lowest BCUT2D eigenvalue weighted by Gasteiger charge is -2.22. The van der Waals surface area contributed by atoms with Crippen molar-refractivity contribution >= 4 is 15.9 Å². The molecule has 0 saturated carbocycles. The van der Waals surface area contributed by atoms with Gasteiger partial charge in [-0.25, -0.2) is 17.2 Å². The predicted molar refractivity (Wildman–Crippen MR) is 93.8 cm³/mol. The first-order valence-electron chi connectivity index (χ1n) is 7.79. The number of hydrogen-bond acceptors (Lipinski definition) is 4. The summed E-state index contributed by atoms with van der Waals surface area (Å²) in [4.78, 5) is 13.4. The van der Waals surface area contributed by atoms with E-state index in [4.69, 9.17) is 5.26 Å². The summed E-state index contributed by atoms with van der Waals surface area (Å²) in [6.45, 7) is -0.586. The molecule has 0 aliphatic heterocycles. The van der Waals surface area contributed by atoms with Gasteiger partial charge in [-0.05, 0) is 30.3 Å². The number of carbonyl (C=O) groups excluding carboxylic acids is 1. The van der Waals surface area contributed by atoms with Gasteiger partial charge < -0.3 is 4.90 Å². The summed E-state index contributed by atoms with van der Waals surface area (Å²) in [6.07, 6.45) is 0. The van der Waals surface area contributed by atoms with Crippen LogP contribution in [0.3, 0.4) is 0 Å².